The smallest absolute Gasteiger partial charge is 0.136 e. The molecule has 0 aliphatic carbocycles. The fourth-order valence-corrected chi connectivity index (χ4v) is 8.06. The molecule has 0 saturated heterocycles. The molecule has 222 valence electrons. The minimum Gasteiger partial charge on any atom is -0.456 e. The summed E-state index contributed by atoms with van der Waals surface area (Å²) in [6.45, 7) is 0. The Hall–Kier alpha value is -6.38. The summed E-state index contributed by atoms with van der Waals surface area (Å²) in [5.41, 5.74) is 8.24. The van der Waals surface area contributed by atoms with Crippen LogP contribution in [0.4, 0.5) is 0 Å². The molecule has 0 radical (unpaired) electrons. The van der Waals surface area contributed by atoms with Gasteiger partial charge in [0, 0.05) is 21.5 Å². The van der Waals surface area contributed by atoms with Crippen molar-refractivity contribution in [3.8, 4) is 22.3 Å². The number of hydrogen-bond acceptors (Lipinski definition) is 2. The van der Waals surface area contributed by atoms with Gasteiger partial charge >= 0.3 is 0 Å². The summed E-state index contributed by atoms with van der Waals surface area (Å²) in [7, 11) is 0. The number of furan rings is 2. The molecule has 2 nitrogen and oxygen atoms in total. The van der Waals surface area contributed by atoms with Crippen LogP contribution in [-0.2, 0) is 0 Å². The average molecular weight is 611 g/mol. The minimum absolute atomic E-state index is 0.863. The third kappa shape index (κ3) is 3.57. The van der Waals surface area contributed by atoms with Crippen molar-refractivity contribution >= 4 is 87.0 Å². The summed E-state index contributed by atoms with van der Waals surface area (Å²) in [4.78, 5) is 0. The molecule has 0 spiro atoms. The second-order valence-corrected chi connectivity index (χ2v) is 12.8. The number of hydrogen-bond donors (Lipinski definition) is 0. The van der Waals surface area contributed by atoms with Gasteiger partial charge in [-0.25, -0.2) is 0 Å². The van der Waals surface area contributed by atoms with E-state index in [0.717, 1.165) is 43.9 Å². The topological polar surface area (TPSA) is 26.3 Å². The maximum Gasteiger partial charge on any atom is 0.136 e. The summed E-state index contributed by atoms with van der Waals surface area (Å²) in [6.07, 6.45) is 0. The van der Waals surface area contributed by atoms with E-state index in [9.17, 15) is 0 Å². The zero-order valence-corrected chi connectivity index (χ0v) is 25.8. The third-order valence-corrected chi connectivity index (χ3v) is 10.2. The first kappa shape index (κ1) is 25.8. The van der Waals surface area contributed by atoms with Crippen LogP contribution in [0.3, 0.4) is 0 Å². The van der Waals surface area contributed by atoms with E-state index in [4.69, 9.17) is 8.83 Å². The molecule has 0 atom stereocenters. The van der Waals surface area contributed by atoms with E-state index in [1.165, 1.54) is 65.3 Å². The van der Waals surface area contributed by atoms with Crippen LogP contribution >= 0.6 is 0 Å². The fraction of sp³-hybridized carbons (Fsp3) is 0. The van der Waals surface area contributed by atoms with Crippen molar-refractivity contribution in [1.29, 1.82) is 0 Å². The molecule has 11 rings (SSSR count). The summed E-state index contributed by atoms with van der Waals surface area (Å²) >= 11 is 0. The predicted molar refractivity (Wildman–Crippen MR) is 202 cm³/mol. The first-order valence-corrected chi connectivity index (χ1v) is 16.4. The summed E-state index contributed by atoms with van der Waals surface area (Å²) < 4.78 is 13.0. The molecule has 2 heteroatoms. The zero-order chi connectivity index (χ0) is 31.3. The Labute approximate surface area is 275 Å². The van der Waals surface area contributed by atoms with Gasteiger partial charge in [-0.2, -0.15) is 0 Å². The highest BCUT2D eigenvalue weighted by Gasteiger charge is 2.19. The van der Waals surface area contributed by atoms with Gasteiger partial charge in [-0.15, -0.1) is 0 Å². The maximum atomic E-state index is 6.51. The highest BCUT2D eigenvalue weighted by Crippen LogP contribution is 2.44. The molecule has 0 aliphatic rings. The summed E-state index contributed by atoms with van der Waals surface area (Å²) in [5, 5.41) is 14.4. The van der Waals surface area contributed by atoms with Gasteiger partial charge in [0.2, 0.25) is 0 Å². The molecule has 0 bridgehead atoms. The molecular formula is C46H26O2. The van der Waals surface area contributed by atoms with Gasteiger partial charge < -0.3 is 8.83 Å². The van der Waals surface area contributed by atoms with E-state index in [0.29, 0.717) is 0 Å². The predicted octanol–water partition coefficient (Wildman–Crippen LogP) is 13.4. The molecule has 0 fully saturated rings. The van der Waals surface area contributed by atoms with Crippen molar-refractivity contribution in [3.63, 3.8) is 0 Å². The monoisotopic (exact) mass is 610 g/mol. The molecule has 9 aromatic carbocycles. The molecule has 0 unspecified atom stereocenters. The lowest BCUT2D eigenvalue weighted by Gasteiger charge is -2.11. The third-order valence-electron chi connectivity index (χ3n) is 10.2. The lowest BCUT2D eigenvalue weighted by Crippen LogP contribution is -1.85. The Morgan fingerprint density at radius 2 is 0.646 bits per heavy atom. The van der Waals surface area contributed by atoms with Gasteiger partial charge in [0.15, 0.2) is 0 Å². The minimum atomic E-state index is 0.863. The Bertz CT molecular complexity index is 2910. The van der Waals surface area contributed by atoms with Crippen LogP contribution in [0.2, 0.25) is 0 Å². The number of fused-ring (bicyclic) bond motifs is 13. The lowest BCUT2D eigenvalue weighted by atomic mass is 9.92. The van der Waals surface area contributed by atoms with E-state index in [1.807, 2.05) is 12.1 Å². The second kappa shape index (κ2) is 9.57. The first-order valence-electron chi connectivity index (χ1n) is 16.4. The van der Waals surface area contributed by atoms with Crippen LogP contribution < -0.4 is 0 Å². The molecule has 11 aromatic rings. The molecule has 2 heterocycles. The van der Waals surface area contributed by atoms with Crippen molar-refractivity contribution < 1.29 is 8.83 Å². The highest BCUT2D eigenvalue weighted by molar-refractivity contribution is 6.27. The Morgan fingerprint density at radius 3 is 1.10 bits per heavy atom. The van der Waals surface area contributed by atoms with Gasteiger partial charge in [-0.3, -0.25) is 0 Å². The summed E-state index contributed by atoms with van der Waals surface area (Å²) in [5.74, 6) is 0. The van der Waals surface area contributed by atoms with E-state index < -0.39 is 0 Å². The molecule has 0 saturated carbocycles. The second-order valence-electron chi connectivity index (χ2n) is 12.8. The summed E-state index contributed by atoms with van der Waals surface area (Å²) in [6, 6.07) is 56.7. The van der Waals surface area contributed by atoms with Crippen LogP contribution in [0.5, 0.6) is 0 Å². The van der Waals surface area contributed by atoms with E-state index >= 15 is 0 Å². The molecule has 48 heavy (non-hydrogen) atoms. The van der Waals surface area contributed by atoms with Gasteiger partial charge in [-0.1, -0.05) is 109 Å². The van der Waals surface area contributed by atoms with E-state index in [1.54, 1.807) is 0 Å². The SMILES string of the molecule is c1ccc2c(c1)cc(-c1ccc3oc4ccc5oc6ccc(-c7cc8ccccc8c8ccccc78)cc6c5c4c3c1)c1ccccc12. The van der Waals surface area contributed by atoms with Crippen LogP contribution in [0.15, 0.2) is 167 Å². The molecule has 2 aromatic heterocycles. The van der Waals surface area contributed by atoms with Crippen LogP contribution in [0.25, 0.3) is 109 Å². The van der Waals surface area contributed by atoms with Crippen LogP contribution in [-0.4, -0.2) is 0 Å². The van der Waals surface area contributed by atoms with Gasteiger partial charge in [-0.05, 0) is 114 Å². The quantitative estimate of drug-likeness (QED) is 0.182. The first-order chi connectivity index (χ1) is 23.8. The van der Waals surface area contributed by atoms with Gasteiger partial charge in [0.1, 0.15) is 22.3 Å². The van der Waals surface area contributed by atoms with Crippen LogP contribution in [0.1, 0.15) is 0 Å². The largest absolute Gasteiger partial charge is 0.456 e. The maximum absolute atomic E-state index is 6.51. The molecular weight excluding hydrogens is 585 g/mol. The van der Waals surface area contributed by atoms with Crippen molar-refractivity contribution in [2.24, 2.45) is 0 Å². The number of benzene rings is 9. The Balaban J connectivity index is 1.19. The van der Waals surface area contributed by atoms with Gasteiger partial charge in [0.25, 0.3) is 0 Å². The average Bonchev–Trinajstić information content (AvgIpc) is 3.71. The van der Waals surface area contributed by atoms with Crippen molar-refractivity contribution in [2.75, 3.05) is 0 Å². The Morgan fingerprint density at radius 1 is 0.271 bits per heavy atom. The number of rotatable bonds is 2. The fourth-order valence-electron chi connectivity index (χ4n) is 8.06. The van der Waals surface area contributed by atoms with Crippen molar-refractivity contribution in [2.45, 2.75) is 0 Å². The molecule has 0 N–H and O–H groups in total. The zero-order valence-electron chi connectivity index (χ0n) is 25.8. The van der Waals surface area contributed by atoms with Crippen molar-refractivity contribution in [3.05, 3.63) is 158 Å². The standard InChI is InChI=1S/C46H26O2/c1-3-11-31-27(9-1)23-37(35-15-7-5-13-33(31)35)29-17-19-41-39(25-29)45-43(47-41)21-22-44-46(45)40-26-30(18-20-42(40)48-44)38-24-28-10-2-4-12-32(28)34-14-6-8-16-36(34)38/h1-26H. The van der Waals surface area contributed by atoms with E-state index in [-0.39, 0.29) is 0 Å². The van der Waals surface area contributed by atoms with Gasteiger partial charge in [0.05, 0.1) is 0 Å². The van der Waals surface area contributed by atoms with E-state index in [2.05, 4.69) is 146 Å². The Kier molecular flexibility index (Phi) is 5.14. The normalized spacial score (nSPS) is 12.2. The highest BCUT2D eigenvalue weighted by atomic mass is 16.3. The lowest BCUT2D eigenvalue weighted by molar-refractivity contribution is 0.663. The van der Waals surface area contributed by atoms with Crippen molar-refractivity contribution in [1.82, 2.24) is 0 Å². The van der Waals surface area contributed by atoms with Crippen LogP contribution in [0, 0.1) is 0 Å². The molecule has 0 aliphatic heterocycles. The molecule has 0 amide bonds.